The van der Waals surface area contributed by atoms with Crippen molar-refractivity contribution < 1.29 is 19.1 Å². The highest BCUT2D eigenvalue weighted by molar-refractivity contribution is 5.96. The minimum Gasteiger partial charge on any atom is -0.466 e. The van der Waals surface area contributed by atoms with Gasteiger partial charge in [0.1, 0.15) is 11.9 Å². The number of ether oxygens (including phenoxy) is 1. The topological polar surface area (TPSA) is 160 Å². The molecule has 0 spiro atoms. The molecule has 1 unspecified atom stereocenters. The van der Waals surface area contributed by atoms with E-state index in [2.05, 4.69) is 22.5 Å². The fourth-order valence-electron chi connectivity index (χ4n) is 2.16. The maximum atomic E-state index is 12.1. The number of esters is 1. The lowest BCUT2D eigenvalue weighted by Gasteiger charge is -2.12. The van der Waals surface area contributed by atoms with Crippen LogP contribution in [0.1, 0.15) is 31.7 Å². The van der Waals surface area contributed by atoms with Crippen LogP contribution in [0.4, 0.5) is 5.69 Å². The van der Waals surface area contributed by atoms with Crippen molar-refractivity contribution >= 4 is 29.3 Å². The molecule has 0 radical (unpaired) electrons. The third kappa shape index (κ3) is 8.82. The van der Waals surface area contributed by atoms with Crippen molar-refractivity contribution in [3.05, 3.63) is 29.8 Å². The van der Waals surface area contributed by atoms with Gasteiger partial charge in [-0.1, -0.05) is 11.8 Å². The fourth-order valence-corrected chi connectivity index (χ4v) is 2.16. The van der Waals surface area contributed by atoms with E-state index in [9.17, 15) is 14.4 Å². The Morgan fingerprint density at radius 2 is 1.82 bits per heavy atom. The average molecular weight is 387 g/mol. The van der Waals surface area contributed by atoms with Gasteiger partial charge in [0.25, 0.3) is 0 Å². The minimum absolute atomic E-state index is 0.0449. The highest BCUT2D eigenvalue weighted by Crippen LogP contribution is 2.10. The van der Waals surface area contributed by atoms with Gasteiger partial charge in [-0.05, 0) is 31.2 Å². The molecular weight excluding hydrogens is 362 g/mol. The van der Waals surface area contributed by atoms with Crippen LogP contribution in [0.3, 0.4) is 0 Å². The molecule has 0 aliphatic rings. The van der Waals surface area contributed by atoms with Crippen molar-refractivity contribution in [3.8, 4) is 11.8 Å². The summed E-state index contributed by atoms with van der Waals surface area (Å²) in [6.45, 7) is 2.01. The molecule has 150 valence electrons. The van der Waals surface area contributed by atoms with Gasteiger partial charge in [-0.25, -0.2) is 0 Å². The first kappa shape index (κ1) is 22.7. The van der Waals surface area contributed by atoms with Crippen LogP contribution >= 0.6 is 0 Å². The predicted molar refractivity (Wildman–Crippen MR) is 105 cm³/mol. The van der Waals surface area contributed by atoms with Gasteiger partial charge in [-0.2, -0.15) is 0 Å². The third-order valence-corrected chi connectivity index (χ3v) is 3.45. The number of nitrogens with two attached hydrogens (primary N) is 2. The van der Waals surface area contributed by atoms with Crippen LogP contribution in [-0.4, -0.2) is 42.8 Å². The Bertz CT molecular complexity index is 765. The van der Waals surface area contributed by atoms with Gasteiger partial charge in [0.05, 0.1) is 19.6 Å². The second-order valence-corrected chi connectivity index (χ2v) is 5.69. The summed E-state index contributed by atoms with van der Waals surface area (Å²) in [7, 11) is 0. The van der Waals surface area contributed by atoms with Crippen molar-refractivity contribution in [1.29, 1.82) is 5.41 Å². The molecule has 1 aromatic carbocycles. The molecule has 2 amide bonds. The lowest BCUT2D eigenvalue weighted by molar-refractivity contribution is -0.143. The van der Waals surface area contributed by atoms with E-state index in [0.29, 0.717) is 11.3 Å². The lowest BCUT2D eigenvalue weighted by atomic mass is 10.1. The number of nitrogen functional groups attached to an aromatic ring is 1. The van der Waals surface area contributed by atoms with Crippen molar-refractivity contribution in [3.63, 3.8) is 0 Å². The highest BCUT2D eigenvalue weighted by atomic mass is 16.5. The SMILES string of the molecule is CCOC(=O)CC(C#CCN)NC(=O)CCC(=O)Nc1ccc(C(=N)N)cc1. The zero-order valence-electron chi connectivity index (χ0n) is 15.7. The molecule has 9 nitrogen and oxygen atoms in total. The summed E-state index contributed by atoms with van der Waals surface area (Å²) in [5.41, 5.74) is 11.8. The van der Waals surface area contributed by atoms with E-state index in [4.69, 9.17) is 21.6 Å². The molecule has 0 aliphatic heterocycles. The number of hydrogen-bond donors (Lipinski definition) is 5. The van der Waals surface area contributed by atoms with Crippen LogP contribution in [0, 0.1) is 17.3 Å². The fraction of sp³-hybridized carbons (Fsp3) is 0.368. The van der Waals surface area contributed by atoms with Gasteiger partial charge < -0.3 is 26.8 Å². The summed E-state index contributed by atoms with van der Waals surface area (Å²) in [4.78, 5) is 35.6. The van der Waals surface area contributed by atoms with Crippen molar-refractivity contribution in [2.45, 2.75) is 32.2 Å². The van der Waals surface area contributed by atoms with Crippen molar-refractivity contribution in [2.24, 2.45) is 11.5 Å². The molecule has 1 atom stereocenters. The molecule has 0 saturated carbocycles. The Morgan fingerprint density at radius 3 is 2.39 bits per heavy atom. The molecule has 1 rings (SSSR count). The van der Waals surface area contributed by atoms with Crippen LogP contribution in [-0.2, 0) is 19.1 Å². The van der Waals surface area contributed by atoms with Crippen LogP contribution in [0.5, 0.6) is 0 Å². The number of hydrogen-bond acceptors (Lipinski definition) is 6. The van der Waals surface area contributed by atoms with Gasteiger partial charge in [0, 0.05) is 24.1 Å². The van der Waals surface area contributed by atoms with Crippen LogP contribution in [0.25, 0.3) is 0 Å². The van der Waals surface area contributed by atoms with Crippen LogP contribution in [0.15, 0.2) is 24.3 Å². The summed E-state index contributed by atoms with van der Waals surface area (Å²) in [5.74, 6) is 4.00. The van der Waals surface area contributed by atoms with Gasteiger partial charge in [0.2, 0.25) is 11.8 Å². The average Bonchev–Trinajstić information content (AvgIpc) is 2.65. The maximum absolute atomic E-state index is 12.1. The Kier molecular flexibility index (Phi) is 9.78. The Balaban J connectivity index is 2.50. The Hall–Kier alpha value is -3.38. The predicted octanol–water partition coefficient (Wildman–Crippen LogP) is 0.0895. The van der Waals surface area contributed by atoms with Gasteiger partial charge >= 0.3 is 5.97 Å². The number of amides is 2. The van der Waals surface area contributed by atoms with E-state index < -0.39 is 17.9 Å². The second kappa shape index (κ2) is 12.1. The van der Waals surface area contributed by atoms with E-state index in [0.717, 1.165) is 0 Å². The highest BCUT2D eigenvalue weighted by Gasteiger charge is 2.16. The number of benzene rings is 1. The van der Waals surface area contributed by atoms with E-state index in [1.54, 1.807) is 31.2 Å². The summed E-state index contributed by atoms with van der Waals surface area (Å²) in [6.07, 6.45) is -0.209. The first-order valence-corrected chi connectivity index (χ1v) is 8.73. The third-order valence-electron chi connectivity index (χ3n) is 3.45. The molecule has 0 aromatic heterocycles. The Morgan fingerprint density at radius 1 is 1.18 bits per heavy atom. The van der Waals surface area contributed by atoms with E-state index >= 15 is 0 Å². The zero-order chi connectivity index (χ0) is 20.9. The number of anilines is 1. The van der Waals surface area contributed by atoms with Crippen LogP contribution in [0.2, 0.25) is 0 Å². The molecule has 9 heteroatoms. The smallest absolute Gasteiger partial charge is 0.308 e. The number of rotatable bonds is 9. The molecule has 0 saturated heterocycles. The molecular formula is C19H25N5O4. The summed E-state index contributed by atoms with van der Waals surface area (Å²) < 4.78 is 4.85. The van der Waals surface area contributed by atoms with E-state index in [1.165, 1.54) is 0 Å². The second-order valence-electron chi connectivity index (χ2n) is 5.69. The van der Waals surface area contributed by atoms with Crippen LogP contribution < -0.4 is 22.1 Å². The van der Waals surface area contributed by atoms with E-state index in [1.807, 2.05) is 0 Å². The first-order valence-electron chi connectivity index (χ1n) is 8.73. The Labute approximate surface area is 163 Å². The number of nitrogens with one attached hydrogen (secondary N) is 3. The molecule has 0 heterocycles. The number of carbonyl (C=O) groups excluding carboxylic acids is 3. The normalized spacial score (nSPS) is 10.8. The molecule has 28 heavy (non-hydrogen) atoms. The first-order chi connectivity index (χ1) is 13.3. The molecule has 1 aromatic rings. The largest absolute Gasteiger partial charge is 0.466 e. The van der Waals surface area contributed by atoms with Gasteiger partial charge in [0.15, 0.2) is 0 Å². The molecule has 0 fully saturated rings. The molecule has 0 bridgehead atoms. The van der Waals surface area contributed by atoms with Crippen molar-refractivity contribution in [1.82, 2.24) is 5.32 Å². The lowest BCUT2D eigenvalue weighted by Crippen LogP contribution is -2.36. The summed E-state index contributed by atoms with van der Waals surface area (Å²) >= 11 is 0. The summed E-state index contributed by atoms with van der Waals surface area (Å²) in [6, 6.07) is 5.73. The van der Waals surface area contributed by atoms with E-state index in [-0.39, 0.29) is 44.2 Å². The molecule has 7 N–H and O–H groups in total. The standard InChI is InChI=1S/C19H25N5O4/c1-2-28-18(27)12-15(4-3-11-20)24-17(26)10-9-16(25)23-14-7-5-13(6-8-14)19(21)22/h5-8,15H,2,9-12,20H2,1H3,(H3,21,22)(H,23,25)(H,24,26). The van der Waals surface area contributed by atoms with Crippen molar-refractivity contribution in [2.75, 3.05) is 18.5 Å². The monoisotopic (exact) mass is 387 g/mol. The maximum Gasteiger partial charge on any atom is 0.308 e. The molecule has 0 aliphatic carbocycles. The van der Waals surface area contributed by atoms with Gasteiger partial charge in [-0.15, -0.1) is 0 Å². The minimum atomic E-state index is -0.725. The number of carbonyl (C=O) groups is 3. The summed E-state index contributed by atoms with van der Waals surface area (Å²) in [5, 5.41) is 12.6. The number of amidine groups is 1. The van der Waals surface area contributed by atoms with Gasteiger partial charge in [-0.3, -0.25) is 19.8 Å². The quantitative estimate of drug-likeness (QED) is 0.175. The zero-order valence-corrected chi connectivity index (χ0v) is 15.7.